The van der Waals surface area contributed by atoms with Crippen molar-refractivity contribution in [2.75, 3.05) is 6.54 Å². The maximum absolute atomic E-state index is 12.8. The second kappa shape index (κ2) is 27.1. The van der Waals surface area contributed by atoms with E-state index in [1.54, 1.807) is 0 Å². The van der Waals surface area contributed by atoms with E-state index < -0.39 is 18.0 Å². The predicted molar refractivity (Wildman–Crippen MR) is 136 cm³/mol. The molecule has 0 rings (SSSR count). The van der Waals surface area contributed by atoms with Crippen molar-refractivity contribution in [2.45, 2.75) is 155 Å². The van der Waals surface area contributed by atoms with Crippen molar-refractivity contribution < 1.29 is 76.0 Å². The standard InChI is InChI=1S/C28H53NO5.K/c1-3-5-7-8-9-10-11-12-13-14-15-16-17-18-19-21-26(30)29(24-20-6-4-2)25(28(33)34)22-23-27(31)32;/h25H,3-24H2,1-2H3,(H,31,32)(H,33,34);/q;+1/p-1/t25-;/m0./s1. The molecule has 0 saturated heterocycles. The summed E-state index contributed by atoms with van der Waals surface area (Å²) in [7, 11) is 0. The summed E-state index contributed by atoms with van der Waals surface area (Å²) in [5.41, 5.74) is 0. The zero-order valence-corrected chi connectivity index (χ0v) is 26.3. The Kier molecular flexibility index (Phi) is 28.8. The second-order valence-electron chi connectivity index (χ2n) is 9.76. The van der Waals surface area contributed by atoms with Gasteiger partial charge in [0.25, 0.3) is 0 Å². The zero-order chi connectivity index (χ0) is 25.4. The van der Waals surface area contributed by atoms with E-state index in [1.165, 1.54) is 81.9 Å². The quantitative estimate of drug-likeness (QED) is 0.147. The number of amides is 1. The van der Waals surface area contributed by atoms with Crippen LogP contribution in [0, 0.1) is 0 Å². The Morgan fingerprint density at radius 2 is 1.06 bits per heavy atom. The van der Waals surface area contributed by atoms with Crippen LogP contribution < -0.4 is 56.5 Å². The molecule has 0 radical (unpaired) electrons. The Balaban J connectivity index is 0. The molecule has 1 N–H and O–H groups in total. The number of hydrogen-bond donors (Lipinski definition) is 1. The molecule has 0 aromatic carbocycles. The van der Waals surface area contributed by atoms with E-state index in [1.807, 2.05) is 6.92 Å². The maximum Gasteiger partial charge on any atom is 1.00 e. The molecule has 0 aliphatic heterocycles. The van der Waals surface area contributed by atoms with Crippen LogP contribution in [0.2, 0.25) is 0 Å². The number of nitrogens with zero attached hydrogens (tertiary/aromatic N) is 1. The first kappa shape index (κ1) is 37.2. The molecule has 35 heavy (non-hydrogen) atoms. The largest absolute Gasteiger partial charge is 1.00 e. The van der Waals surface area contributed by atoms with Crippen molar-refractivity contribution in [3.63, 3.8) is 0 Å². The van der Waals surface area contributed by atoms with E-state index >= 15 is 0 Å². The number of carboxylic acid groups (broad SMARTS) is 2. The van der Waals surface area contributed by atoms with Gasteiger partial charge in [-0.2, -0.15) is 0 Å². The van der Waals surface area contributed by atoms with Crippen LogP contribution in [0.15, 0.2) is 0 Å². The van der Waals surface area contributed by atoms with Crippen molar-refractivity contribution in [1.82, 2.24) is 4.90 Å². The molecule has 0 saturated carbocycles. The first-order valence-electron chi connectivity index (χ1n) is 14.2. The summed E-state index contributed by atoms with van der Waals surface area (Å²) < 4.78 is 0. The van der Waals surface area contributed by atoms with E-state index in [9.17, 15) is 24.6 Å². The van der Waals surface area contributed by atoms with Gasteiger partial charge in [0.05, 0.1) is 0 Å². The Morgan fingerprint density at radius 1 is 0.657 bits per heavy atom. The molecular weight excluding hydrogens is 469 g/mol. The minimum Gasteiger partial charge on any atom is -0.550 e. The molecule has 0 heterocycles. The number of aliphatic carboxylic acids is 2. The molecule has 0 unspecified atom stereocenters. The SMILES string of the molecule is CCCCCCCCCCCCCCCCCC(=O)N(CCCCC)[C@@H](CCC(=O)[O-])C(=O)O.[K+]. The smallest absolute Gasteiger partial charge is 0.550 e. The third-order valence-electron chi connectivity index (χ3n) is 6.60. The van der Waals surface area contributed by atoms with Crippen molar-refractivity contribution in [2.24, 2.45) is 0 Å². The molecule has 6 nitrogen and oxygen atoms in total. The minimum absolute atomic E-state index is 0. The predicted octanol–water partition coefficient (Wildman–Crippen LogP) is 3.25. The summed E-state index contributed by atoms with van der Waals surface area (Å²) in [6.45, 7) is 4.67. The molecule has 1 atom stereocenters. The van der Waals surface area contributed by atoms with Gasteiger partial charge in [-0.3, -0.25) is 4.79 Å². The van der Waals surface area contributed by atoms with Gasteiger partial charge >= 0.3 is 57.4 Å². The third-order valence-corrected chi connectivity index (χ3v) is 6.60. The number of hydrogen-bond acceptors (Lipinski definition) is 4. The zero-order valence-electron chi connectivity index (χ0n) is 23.2. The summed E-state index contributed by atoms with van der Waals surface area (Å²) in [5.74, 6) is -2.59. The van der Waals surface area contributed by atoms with Gasteiger partial charge in [-0.15, -0.1) is 0 Å². The van der Waals surface area contributed by atoms with Gasteiger partial charge in [-0.25, -0.2) is 4.79 Å². The van der Waals surface area contributed by atoms with Gasteiger partial charge in [-0.05, 0) is 25.7 Å². The van der Waals surface area contributed by atoms with Crippen LogP contribution in [0.25, 0.3) is 0 Å². The Labute approximate surface area is 257 Å². The summed E-state index contributed by atoms with van der Waals surface area (Å²) >= 11 is 0. The Morgan fingerprint density at radius 3 is 1.46 bits per heavy atom. The minimum atomic E-state index is -1.28. The molecule has 200 valence electrons. The van der Waals surface area contributed by atoms with Gasteiger partial charge in [0.2, 0.25) is 5.91 Å². The molecule has 0 bridgehead atoms. The Hall–Kier alpha value is 0.0464. The third kappa shape index (κ3) is 22.9. The molecule has 0 aromatic rings. The number of carbonyl (C=O) groups is 3. The van der Waals surface area contributed by atoms with Gasteiger partial charge < -0.3 is 19.9 Å². The summed E-state index contributed by atoms with van der Waals surface area (Å²) in [6, 6.07) is -1.08. The van der Waals surface area contributed by atoms with Crippen LogP contribution in [-0.4, -0.2) is 40.4 Å². The number of unbranched alkanes of at least 4 members (excludes halogenated alkanes) is 16. The van der Waals surface area contributed by atoms with E-state index in [2.05, 4.69) is 6.92 Å². The van der Waals surface area contributed by atoms with E-state index in [4.69, 9.17) is 0 Å². The first-order valence-corrected chi connectivity index (χ1v) is 14.2. The van der Waals surface area contributed by atoms with E-state index in [0.717, 1.165) is 38.5 Å². The van der Waals surface area contributed by atoms with Crippen molar-refractivity contribution in [3.8, 4) is 0 Å². The van der Waals surface area contributed by atoms with Crippen LogP contribution in [0.4, 0.5) is 0 Å². The van der Waals surface area contributed by atoms with Gasteiger partial charge in [0.15, 0.2) is 0 Å². The van der Waals surface area contributed by atoms with Gasteiger partial charge in [-0.1, -0.05) is 117 Å². The Bertz CT molecular complexity index is 529. The normalized spacial score (nSPS) is 11.6. The van der Waals surface area contributed by atoms with Crippen LogP contribution in [-0.2, 0) is 14.4 Å². The molecule has 0 aromatic heterocycles. The van der Waals surface area contributed by atoms with Crippen LogP contribution in [0.1, 0.15) is 149 Å². The topological polar surface area (TPSA) is 97.7 Å². The number of carbonyl (C=O) groups excluding carboxylic acids is 2. The molecule has 7 heteroatoms. The monoisotopic (exact) mass is 521 g/mol. The van der Waals surface area contributed by atoms with Gasteiger partial charge in [0, 0.05) is 18.9 Å². The molecule has 0 aliphatic rings. The van der Waals surface area contributed by atoms with Crippen LogP contribution >= 0.6 is 0 Å². The maximum atomic E-state index is 12.8. The fourth-order valence-electron chi connectivity index (χ4n) is 4.44. The summed E-state index contributed by atoms with van der Waals surface area (Å²) in [5, 5.41) is 20.4. The molecule has 0 aliphatic carbocycles. The van der Waals surface area contributed by atoms with Gasteiger partial charge in [0.1, 0.15) is 6.04 Å². The average molecular weight is 522 g/mol. The molecule has 1 amide bonds. The fourth-order valence-corrected chi connectivity index (χ4v) is 4.44. The fraction of sp³-hybridized carbons (Fsp3) is 0.893. The van der Waals surface area contributed by atoms with Crippen molar-refractivity contribution in [1.29, 1.82) is 0 Å². The molecule has 0 spiro atoms. The first-order chi connectivity index (χ1) is 16.4. The second-order valence-corrected chi connectivity index (χ2v) is 9.76. The van der Waals surface area contributed by atoms with Crippen LogP contribution in [0.5, 0.6) is 0 Å². The van der Waals surface area contributed by atoms with E-state index in [-0.39, 0.29) is 70.1 Å². The van der Waals surface area contributed by atoms with Crippen molar-refractivity contribution >= 4 is 17.8 Å². The van der Waals surface area contributed by atoms with E-state index in [0.29, 0.717) is 13.0 Å². The van der Waals surface area contributed by atoms with Crippen LogP contribution in [0.3, 0.4) is 0 Å². The summed E-state index contributed by atoms with van der Waals surface area (Å²) in [4.78, 5) is 36.7. The van der Waals surface area contributed by atoms with Crippen molar-refractivity contribution in [3.05, 3.63) is 0 Å². The molecule has 0 fully saturated rings. The number of rotatable bonds is 25. The summed E-state index contributed by atoms with van der Waals surface area (Å²) in [6.07, 6.45) is 21.3. The number of carboxylic acids is 2. The molecular formula is C28H52KNO5. The average Bonchev–Trinajstić information content (AvgIpc) is 2.80.